The van der Waals surface area contributed by atoms with Crippen LogP contribution in [0, 0.1) is 19.8 Å². The smallest absolute Gasteiger partial charge is 0.0466 e. The first-order valence-corrected chi connectivity index (χ1v) is 21.3. The van der Waals surface area contributed by atoms with Gasteiger partial charge < -0.3 is 9.80 Å². The summed E-state index contributed by atoms with van der Waals surface area (Å²) in [6.07, 6.45) is 10.6. The lowest BCUT2D eigenvalue weighted by Gasteiger charge is -2.35. The molecule has 58 heavy (non-hydrogen) atoms. The molecule has 2 heteroatoms. The van der Waals surface area contributed by atoms with Crippen molar-refractivity contribution >= 4 is 39.1 Å². The number of hydrogen-bond acceptors (Lipinski definition) is 2. The van der Waals surface area contributed by atoms with Crippen LogP contribution in [0.15, 0.2) is 162 Å². The molecule has 0 aliphatic heterocycles. The summed E-state index contributed by atoms with van der Waals surface area (Å²) in [4.78, 5) is 4.98. The van der Waals surface area contributed by atoms with E-state index in [0.717, 1.165) is 19.3 Å². The van der Waals surface area contributed by atoms with Crippen molar-refractivity contribution < 1.29 is 0 Å². The zero-order valence-corrected chi connectivity index (χ0v) is 35.4. The molecule has 0 fully saturated rings. The molecule has 288 valence electrons. The van der Waals surface area contributed by atoms with Gasteiger partial charge in [0, 0.05) is 45.0 Å². The highest BCUT2D eigenvalue weighted by Crippen LogP contribution is 2.58. The summed E-state index contributed by atoms with van der Waals surface area (Å²) in [5.74, 6) is 0.570. The lowest BCUT2D eigenvalue weighted by molar-refractivity contribution is 0.648. The van der Waals surface area contributed by atoms with Crippen LogP contribution in [0.5, 0.6) is 0 Å². The Morgan fingerprint density at radius 1 is 0.552 bits per heavy atom. The second-order valence-electron chi connectivity index (χ2n) is 18.4. The number of allylic oxidation sites excluding steroid dienone is 7. The van der Waals surface area contributed by atoms with Crippen molar-refractivity contribution in [2.45, 2.75) is 85.5 Å². The van der Waals surface area contributed by atoms with Gasteiger partial charge in [-0.1, -0.05) is 120 Å². The average molecular weight is 755 g/mol. The topological polar surface area (TPSA) is 6.48 Å². The zero-order chi connectivity index (χ0) is 40.1. The van der Waals surface area contributed by atoms with E-state index in [4.69, 9.17) is 0 Å². The van der Waals surface area contributed by atoms with Crippen molar-refractivity contribution in [2.75, 3.05) is 9.80 Å². The van der Waals surface area contributed by atoms with Gasteiger partial charge in [0.1, 0.15) is 0 Å². The van der Waals surface area contributed by atoms with Crippen molar-refractivity contribution in [3.8, 4) is 11.1 Å². The summed E-state index contributed by atoms with van der Waals surface area (Å²) in [5.41, 5.74) is 22.7. The number of fused-ring (bicyclic) bond motifs is 8. The molecule has 6 aromatic carbocycles. The SMILES string of the molecule is CC1=CC(C)CC=C1N(C1=CC2=C(CC1)c1c(ccc3c4c(ccc13)C(C)(C)c1cc(N(c3ccccc3)c3cc(C)cc(C)c3)ccc1-4)C2(C)C)c1ccccc1. The quantitative estimate of drug-likeness (QED) is 0.167. The van der Waals surface area contributed by atoms with Gasteiger partial charge in [0.05, 0.1) is 0 Å². The Morgan fingerprint density at radius 3 is 1.83 bits per heavy atom. The standard InChI is InChI=1S/C56H54N2/c1-35-19-28-52(38(4)30-35)58(40-17-13-10-14-18-40)42-21-23-47-51(34-42)56(7,8)49-27-25-44-45(54(47)49)24-26-48-53(44)46-22-20-41(33-50(46)55(48,5)6)57(39-15-11-9-12-16-39)43-31-36(2)29-37(3)32-43/h9-18,20,22,24-35H,19,21,23H2,1-8H3. The molecule has 1 atom stereocenters. The van der Waals surface area contributed by atoms with Crippen molar-refractivity contribution in [1.82, 2.24) is 0 Å². The van der Waals surface area contributed by atoms with Gasteiger partial charge in [0.25, 0.3) is 0 Å². The molecule has 10 rings (SSSR count). The molecule has 2 nitrogen and oxygen atoms in total. The molecule has 0 heterocycles. The fraction of sp³-hybridized carbons (Fsp3) is 0.250. The molecule has 0 bridgehead atoms. The average Bonchev–Trinajstić information content (AvgIpc) is 3.58. The van der Waals surface area contributed by atoms with E-state index in [0.29, 0.717) is 5.92 Å². The minimum Gasteiger partial charge on any atom is -0.314 e. The zero-order valence-electron chi connectivity index (χ0n) is 35.4. The van der Waals surface area contributed by atoms with Gasteiger partial charge in [-0.15, -0.1) is 0 Å². The normalized spacial score (nSPS) is 18.5. The Hall–Kier alpha value is -5.86. The third-order valence-electron chi connectivity index (χ3n) is 13.6. The van der Waals surface area contributed by atoms with Crippen LogP contribution in [0.2, 0.25) is 0 Å². The Bertz CT molecular complexity index is 2770. The van der Waals surface area contributed by atoms with Crippen LogP contribution in [-0.2, 0) is 10.8 Å². The molecule has 0 amide bonds. The highest BCUT2D eigenvalue weighted by Gasteiger charge is 2.42. The molecule has 0 N–H and O–H groups in total. The van der Waals surface area contributed by atoms with E-state index in [-0.39, 0.29) is 10.8 Å². The number of hydrogen-bond donors (Lipinski definition) is 0. The Morgan fingerprint density at radius 2 is 1.17 bits per heavy atom. The van der Waals surface area contributed by atoms with Gasteiger partial charge in [-0.25, -0.2) is 0 Å². The number of anilines is 4. The number of benzene rings is 6. The maximum absolute atomic E-state index is 2.56. The Kier molecular flexibility index (Phi) is 8.40. The van der Waals surface area contributed by atoms with Crippen LogP contribution in [0.4, 0.5) is 22.7 Å². The van der Waals surface area contributed by atoms with E-state index in [1.54, 1.807) is 0 Å². The van der Waals surface area contributed by atoms with Gasteiger partial charge in [0.15, 0.2) is 0 Å². The molecule has 0 saturated carbocycles. The Balaban J connectivity index is 1.11. The van der Waals surface area contributed by atoms with Gasteiger partial charge in [-0.05, 0) is 173 Å². The first-order valence-electron chi connectivity index (χ1n) is 21.3. The van der Waals surface area contributed by atoms with Gasteiger partial charge >= 0.3 is 0 Å². The van der Waals surface area contributed by atoms with Crippen molar-refractivity contribution in [3.63, 3.8) is 0 Å². The number of rotatable bonds is 6. The molecule has 4 aliphatic carbocycles. The van der Waals surface area contributed by atoms with Crippen LogP contribution < -0.4 is 9.80 Å². The molecular formula is C56H54N2. The fourth-order valence-electron chi connectivity index (χ4n) is 10.9. The van der Waals surface area contributed by atoms with Crippen LogP contribution >= 0.6 is 0 Å². The third-order valence-corrected chi connectivity index (χ3v) is 13.6. The molecule has 0 radical (unpaired) electrons. The van der Waals surface area contributed by atoms with Crippen LogP contribution in [-0.4, -0.2) is 0 Å². The summed E-state index contributed by atoms with van der Waals surface area (Å²) in [5, 5.41) is 2.76. The van der Waals surface area contributed by atoms with Gasteiger partial charge in [0.2, 0.25) is 0 Å². The molecule has 0 aromatic heterocycles. The second kappa shape index (κ2) is 13.3. The summed E-state index contributed by atoms with van der Waals surface area (Å²) >= 11 is 0. The molecular weight excluding hydrogens is 701 g/mol. The lowest BCUT2D eigenvalue weighted by atomic mass is 9.79. The van der Waals surface area contributed by atoms with E-state index >= 15 is 0 Å². The highest BCUT2D eigenvalue weighted by atomic mass is 15.2. The predicted octanol–water partition coefficient (Wildman–Crippen LogP) is 15.3. The maximum atomic E-state index is 2.56. The van der Waals surface area contributed by atoms with Crippen LogP contribution in [0.25, 0.3) is 27.5 Å². The second-order valence-corrected chi connectivity index (χ2v) is 18.4. The summed E-state index contributed by atoms with van der Waals surface area (Å²) in [6.45, 7) is 18.7. The van der Waals surface area contributed by atoms with E-state index in [1.807, 2.05) is 0 Å². The van der Waals surface area contributed by atoms with Gasteiger partial charge in [-0.2, -0.15) is 0 Å². The molecule has 4 aliphatic rings. The largest absolute Gasteiger partial charge is 0.314 e. The number of aryl methyl sites for hydroxylation is 2. The van der Waals surface area contributed by atoms with E-state index < -0.39 is 0 Å². The van der Waals surface area contributed by atoms with Crippen LogP contribution in [0.3, 0.4) is 0 Å². The fourth-order valence-corrected chi connectivity index (χ4v) is 10.9. The minimum atomic E-state index is -0.149. The third kappa shape index (κ3) is 5.59. The first-order chi connectivity index (χ1) is 27.9. The summed E-state index contributed by atoms with van der Waals surface area (Å²) < 4.78 is 0. The maximum Gasteiger partial charge on any atom is 0.0466 e. The van der Waals surface area contributed by atoms with Crippen molar-refractivity contribution in [3.05, 3.63) is 195 Å². The lowest BCUT2D eigenvalue weighted by Crippen LogP contribution is -2.27. The van der Waals surface area contributed by atoms with Crippen molar-refractivity contribution in [1.29, 1.82) is 0 Å². The Labute approximate surface area is 345 Å². The summed E-state index contributed by atoms with van der Waals surface area (Å²) in [6, 6.07) is 45.7. The molecule has 0 saturated heterocycles. The van der Waals surface area contributed by atoms with Crippen LogP contribution in [0.1, 0.15) is 94.2 Å². The van der Waals surface area contributed by atoms with E-state index in [9.17, 15) is 0 Å². The summed E-state index contributed by atoms with van der Waals surface area (Å²) in [7, 11) is 0. The molecule has 6 aromatic rings. The molecule has 0 spiro atoms. The first kappa shape index (κ1) is 36.5. The van der Waals surface area contributed by atoms with E-state index in [2.05, 4.69) is 205 Å². The monoisotopic (exact) mass is 754 g/mol. The number of nitrogens with zero attached hydrogens (tertiary/aromatic N) is 2. The van der Waals surface area contributed by atoms with Gasteiger partial charge in [-0.3, -0.25) is 0 Å². The van der Waals surface area contributed by atoms with Crippen molar-refractivity contribution in [2.24, 2.45) is 5.92 Å². The minimum absolute atomic E-state index is 0.104. The number of para-hydroxylation sites is 2. The highest BCUT2D eigenvalue weighted by molar-refractivity contribution is 6.09. The van der Waals surface area contributed by atoms with E-state index in [1.165, 1.54) is 106 Å². The molecule has 1 unspecified atom stereocenters. The predicted molar refractivity (Wildman–Crippen MR) is 247 cm³/mol.